The Bertz CT molecular complexity index is 367. The molecule has 2 nitrogen and oxygen atoms in total. The molecule has 0 radical (unpaired) electrons. The maximum Gasteiger partial charge on any atom is 0.0345 e. The first-order valence-electron chi connectivity index (χ1n) is 6.51. The summed E-state index contributed by atoms with van der Waals surface area (Å²) in [5.41, 5.74) is 4.46. The second-order valence-corrected chi connectivity index (χ2v) is 5.01. The summed E-state index contributed by atoms with van der Waals surface area (Å²) in [5.74, 6) is 0. The van der Waals surface area contributed by atoms with Gasteiger partial charge >= 0.3 is 0 Å². The molecule has 1 saturated heterocycles. The monoisotopic (exact) mass is 216 g/mol. The highest BCUT2D eigenvalue weighted by Crippen LogP contribution is 2.25. The van der Waals surface area contributed by atoms with Crippen molar-refractivity contribution in [3.05, 3.63) is 29.3 Å². The minimum atomic E-state index is 0.667. The van der Waals surface area contributed by atoms with E-state index in [-0.39, 0.29) is 0 Å². The molecular weight excluding hydrogens is 196 g/mol. The summed E-state index contributed by atoms with van der Waals surface area (Å²) < 4.78 is 0. The van der Waals surface area contributed by atoms with E-state index in [9.17, 15) is 0 Å². The number of hydrogen-bond acceptors (Lipinski definition) is 2. The number of rotatable bonds is 2. The van der Waals surface area contributed by atoms with Crippen molar-refractivity contribution in [3.63, 3.8) is 0 Å². The molecule has 0 spiro atoms. The first kappa shape index (κ1) is 10.2. The highest BCUT2D eigenvalue weighted by Gasteiger charge is 2.14. The summed E-state index contributed by atoms with van der Waals surface area (Å²) in [4.78, 5) is 0. The molecule has 0 saturated carbocycles. The largest absolute Gasteiger partial charge is 0.382 e. The van der Waals surface area contributed by atoms with Gasteiger partial charge in [-0.15, -0.1) is 0 Å². The van der Waals surface area contributed by atoms with Gasteiger partial charge in [-0.2, -0.15) is 0 Å². The molecule has 0 aromatic heterocycles. The number of benzene rings is 1. The van der Waals surface area contributed by atoms with Gasteiger partial charge in [0.15, 0.2) is 0 Å². The topological polar surface area (TPSA) is 24.1 Å². The van der Waals surface area contributed by atoms with Crippen molar-refractivity contribution in [2.24, 2.45) is 0 Å². The maximum absolute atomic E-state index is 3.67. The third kappa shape index (κ3) is 2.07. The zero-order chi connectivity index (χ0) is 10.8. The summed E-state index contributed by atoms with van der Waals surface area (Å²) in [6.07, 6.45) is 6.39. The number of piperidine rings is 1. The average Bonchev–Trinajstić information content (AvgIpc) is 2.77. The fourth-order valence-corrected chi connectivity index (χ4v) is 2.86. The highest BCUT2D eigenvalue weighted by atomic mass is 15.0. The van der Waals surface area contributed by atoms with Crippen LogP contribution in [0.15, 0.2) is 18.2 Å². The zero-order valence-corrected chi connectivity index (χ0v) is 9.76. The molecule has 1 aromatic rings. The molecule has 1 aliphatic heterocycles. The standard InChI is InChI=1S/C14H20N2/c1-2-11-4-5-14(10-12(11)3-1)16-13-6-8-15-9-7-13/h4-5,10,13,15-16H,1-3,6-9H2. The number of fused-ring (bicyclic) bond motifs is 1. The fourth-order valence-electron chi connectivity index (χ4n) is 2.86. The summed E-state index contributed by atoms with van der Waals surface area (Å²) in [7, 11) is 0. The van der Waals surface area contributed by atoms with E-state index in [1.807, 2.05) is 0 Å². The minimum absolute atomic E-state index is 0.667. The van der Waals surface area contributed by atoms with Crippen LogP contribution in [0.5, 0.6) is 0 Å². The van der Waals surface area contributed by atoms with Crippen molar-refractivity contribution in [3.8, 4) is 0 Å². The van der Waals surface area contributed by atoms with E-state index in [2.05, 4.69) is 28.8 Å². The van der Waals surface area contributed by atoms with Crippen molar-refractivity contribution in [1.82, 2.24) is 5.32 Å². The molecule has 0 atom stereocenters. The molecule has 0 bridgehead atoms. The van der Waals surface area contributed by atoms with E-state index in [1.54, 1.807) is 11.1 Å². The van der Waals surface area contributed by atoms with Crippen molar-refractivity contribution in [2.45, 2.75) is 38.1 Å². The molecule has 1 fully saturated rings. The Balaban J connectivity index is 1.69. The Labute approximate surface area is 97.4 Å². The molecule has 2 N–H and O–H groups in total. The molecule has 16 heavy (non-hydrogen) atoms. The SMILES string of the molecule is c1cc2c(cc1NC1CCNCC1)CCC2. The first-order valence-corrected chi connectivity index (χ1v) is 6.51. The molecule has 86 valence electrons. The van der Waals surface area contributed by atoms with Crippen molar-refractivity contribution >= 4 is 5.69 Å². The van der Waals surface area contributed by atoms with Crippen LogP contribution in [0, 0.1) is 0 Å². The third-order valence-corrected chi connectivity index (χ3v) is 3.81. The van der Waals surface area contributed by atoms with Crippen molar-refractivity contribution in [1.29, 1.82) is 0 Å². The van der Waals surface area contributed by atoms with Gasteiger partial charge < -0.3 is 10.6 Å². The van der Waals surface area contributed by atoms with Gasteiger partial charge in [-0.05, 0) is 68.5 Å². The second-order valence-electron chi connectivity index (χ2n) is 5.01. The predicted octanol–water partition coefficient (Wildman–Crippen LogP) is 2.34. The van der Waals surface area contributed by atoms with Gasteiger partial charge in [0.2, 0.25) is 0 Å². The van der Waals surface area contributed by atoms with E-state index in [4.69, 9.17) is 0 Å². The lowest BCUT2D eigenvalue weighted by Crippen LogP contribution is -2.35. The Morgan fingerprint density at radius 3 is 2.75 bits per heavy atom. The lowest BCUT2D eigenvalue weighted by atomic mass is 10.1. The Morgan fingerprint density at radius 2 is 1.88 bits per heavy atom. The first-order chi connectivity index (χ1) is 7.92. The molecule has 0 amide bonds. The van der Waals surface area contributed by atoms with Gasteiger partial charge in [-0.25, -0.2) is 0 Å². The summed E-state index contributed by atoms with van der Waals surface area (Å²) in [6, 6.07) is 7.60. The second kappa shape index (κ2) is 4.46. The molecule has 1 aliphatic carbocycles. The third-order valence-electron chi connectivity index (χ3n) is 3.81. The fraction of sp³-hybridized carbons (Fsp3) is 0.571. The molecule has 0 unspecified atom stereocenters. The number of hydrogen-bond donors (Lipinski definition) is 2. The molecular formula is C14H20N2. The van der Waals surface area contributed by atoms with Gasteiger partial charge in [0.25, 0.3) is 0 Å². The predicted molar refractivity (Wildman–Crippen MR) is 68.0 cm³/mol. The van der Waals surface area contributed by atoms with Crippen LogP contribution in [-0.2, 0) is 12.8 Å². The summed E-state index contributed by atoms with van der Waals surface area (Å²) in [6.45, 7) is 2.31. The van der Waals surface area contributed by atoms with Crippen LogP contribution in [0.1, 0.15) is 30.4 Å². The van der Waals surface area contributed by atoms with Crippen LogP contribution in [0.3, 0.4) is 0 Å². The molecule has 3 rings (SSSR count). The van der Waals surface area contributed by atoms with Crippen LogP contribution in [-0.4, -0.2) is 19.1 Å². The van der Waals surface area contributed by atoms with Crippen molar-refractivity contribution in [2.75, 3.05) is 18.4 Å². The van der Waals surface area contributed by atoms with E-state index in [1.165, 1.54) is 37.8 Å². The van der Waals surface area contributed by atoms with E-state index in [0.29, 0.717) is 6.04 Å². The van der Waals surface area contributed by atoms with Crippen LogP contribution in [0.4, 0.5) is 5.69 Å². The lowest BCUT2D eigenvalue weighted by molar-refractivity contribution is 0.479. The molecule has 2 aliphatic rings. The van der Waals surface area contributed by atoms with Crippen LogP contribution < -0.4 is 10.6 Å². The smallest absolute Gasteiger partial charge is 0.0345 e. The summed E-state index contributed by atoms with van der Waals surface area (Å²) in [5, 5.41) is 7.07. The molecule has 2 heteroatoms. The quantitative estimate of drug-likeness (QED) is 0.793. The van der Waals surface area contributed by atoms with E-state index in [0.717, 1.165) is 13.1 Å². The Hall–Kier alpha value is -1.02. The lowest BCUT2D eigenvalue weighted by Gasteiger charge is -2.25. The Morgan fingerprint density at radius 1 is 1.06 bits per heavy atom. The van der Waals surface area contributed by atoms with Crippen LogP contribution in [0.25, 0.3) is 0 Å². The number of aryl methyl sites for hydroxylation is 2. The minimum Gasteiger partial charge on any atom is -0.382 e. The van der Waals surface area contributed by atoms with Crippen LogP contribution in [0.2, 0.25) is 0 Å². The van der Waals surface area contributed by atoms with Gasteiger partial charge in [0.05, 0.1) is 0 Å². The van der Waals surface area contributed by atoms with Gasteiger partial charge in [0.1, 0.15) is 0 Å². The van der Waals surface area contributed by atoms with E-state index >= 15 is 0 Å². The van der Waals surface area contributed by atoms with Crippen molar-refractivity contribution < 1.29 is 0 Å². The number of anilines is 1. The average molecular weight is 216 g/mol. The van der Waals surface area contributed by atoms with Gasteiger partial charge in [-0.3, -0.25) is 0 Å². The molecule has 1 aromatic carbocycles. The van der Waals surface area contributed by atoms with Crippen LogP contribution >= 0.6 is 0 Å². The zero-order valence-electron chi connectivity index (χ0n) is 9.76. The maximum atomic E-state index is 3.67. The number of nitrogens with one attached hydrogen (secondary N) is 2. The highest BCUT2D eigenvalue weighted by molar-refractivity contribution is 5.50. The Kier molecular flexibility index (Phi) is 2.83. The summed E-state index contributed by atoms with van der Waals surface area (Å²) >= 11 is 0. The molecule has 1 heterocycles. The normalized spacial score (nSPS) is 20.8. The van der Waals surface area contributed by atoms with Gasteiger partial charge in [0, 0.05) is 11.7 Å². The van der Waals surface area contributed by atoms with E-state index < -0.39 is 0 Å². The van der Waals surface area contributed by atoms with Gasteiger partial charge in [-0.1, -0.05) is 6.07 Å².